The molecule has 118 valence electrons. The average molecular weight is 297 g/mol. The first-order valence-electron chi connectivity index (χ1n) is 7.44. The molecular weight excluding hydrogens is 274 g/mol. The average Bonchev–Trinajstić information content (AvgIpc) is 3.28. The number of carbonyl (C=O) groups excluding carboxylic acids is 3. The fourth-order valence-corrected chi connectivity index (χ4v) is 2.70. The van der Waals surface area contributed by atoms with E-state index in [9.17, 15) is 14.4 Å². The predicted molar refractivity (Wildman–Crippen MR) is 75.4 cm³/mol. The molecule has 1 atom stereocenters. The van der Waals surface area contributed by atoms with Crippen LogP contribution in [0, 0.1) is 0 Å². The molecule has 1 saturated heterocycles. The molecule has 0 aromatic carbocycles. The van der Waals surface area contributed by atoms with Gasteiger partial charge in [0.05, 0.1) is 20.1 Å². The Bertz CT molecular complexity index is 422. The number of nitrogens with zero attached hydrogens (tertiary/aromatic N) is 2. The zero-order valence-electron chi connectivity index (χ0n) is 12.6. The quantitative estimate of drug-likeness (QED) is 0.660. The summed E-state index contributed by atoms with van der Waals surface area (Å²) in [5.41, 5.74) is 0. The van der Waals surface area contributed by atoms with Gasteiger partial charge in [0, 0.05) is 25.7 Å². The van der Waals surface area contributed by atoms with E-state index in [1.807, 2.05) is 11.8 Å². The summed E-state index contributed by atoms with van der Waals surface area (Å²) in [6, 6.07) is -0.256. The zero-order valence-corrected chi connectivity index (χ0v) is 12.6. The minimum absolute atomic E-state index is 0.0227. The molecule has 1 aliphatic heterocycles. The van der Waals surface area contributed by atoms with Crippen molar-refractivity contribution in [2.24, 2.45) is 0 Å². The second kappa shape index (κ2) is 6.89. The fraction of sp³-hybridized carbons (Fsp3) is 0.786. The summed E-state index contributed by atoms with van der Waals surface area (Å²) in [5.74, 6) is -0.623. The minimum atomic E-state index is -0.618. The maximum atomic E-state index is 12.4. The van der Waals surface area contributed by atoms with Gasteiger partial charge < -0.3 is 15.0 Å². The standard InChI is InChI=1S/C14H23N3O4/c1-3-17(10-4-5-10)12(18)9-16-7-6-15-14(20)11(16)8-13(19)21-2/h10-11H,3-9H2,1-2H3,(H,15,20)/t11-/m1/s1. The minimum Gasteiger partial charge on any atom is -0.469 e. The van der Waals surface area contributed by atoms with Crippen molar-refractivity contribution in [3.8, 4) is 0 Å². The third-order valence-corrected chi connectivity index (χ3v) is 4.02. The Morgan fingerprint density at radius 2 is 2.14 bits per heavy atom. The van der Waals surface area contributed by atoms with E-state index in [4.69, 9.17) is 0 Å². The molecule has 2 fully saturated rings. The molecule has 2 aliphatic rings. The molecule has 7 heteroatoms. The number of ether oxygens (including phenoxy) is 1. The first kappa shape index (κ1) is 15.8. The van der Waals surface area contributed by atoms with Crippen LogP contribution in [-0.2, 0) is 19.1 Å². The van der Waals surface area contributed by atoms with Crippen molar-refractivity contribution in [3.05, 3.63) is 0 Å². The largest absolute Gasteiger partial charge is 0.469 e. The van der Waals surface area contributed by atoms with Crippen LogP contribution in [0.2, 0.25) is 0 Å². The van der Waals surface area contributed by atoms with Crippen molar-refractivity contribution in [1.29, 1.82) is 0 Å². The lowest BCUT2D eigenvalue weighted by Gasteiger charge is -2.35. The summed E-state index contributed by atoms with van der Waals surface area (Å²) in [6.07, 6.45) is 2.10. The molecule has 1 heterocycles. The maximum Gasteiger partial charge on any atom is 0.307 e. The van der Waals surface area contributed by atoms with E-state index in [2.05, 4.69) is 10.1 Å². The van der Waals surface area contributed by atoms with Gasteiger partial charge in [-0.3, -0.25) is 19.3 Å². The second-order valence-corrected chi connectivity index (χ2v) is 5.47. The Balaban J connectivity index is 1.98. The second-order valence-electron chi connectivity index (χ2n) is 5.47. The van der Waals surface area contributed by atoms with Crippen LogP contribution in [0.15, 0.2) is 0 Å². The van der Waals surface area contributed by atoms with Crippen molar-refractivity contribution in [1.82, 2.24) is 15.1 Å². The van der Waals surface area contributed by atoms with Crippen LogP contribution in [0.5, 0.6) is 0 Å². The van der Waals surface area contributed by atoms with Crippen molar-refractivity contribution in [2.75, 3.05) is 33.3 Å². The van der Waals surface area contributed by atoms with Crippen molar-refractivity contribution < 1.29 is 19.1 Å². The third-order valence-electron chi connectivity index (χ3n) is 4.02. The molecule has 0 bridgehead atoms. The normalized spacial score (nSPS) is 22.6. The highest BCUT2D eigenvalue weighted by Crippen LogP contribution is 2.26. The molecule has 1 saturated carbocycles. The van der Waals surface area contributed by atoms with E-state index >= 15 is 0 Å². The van der Waals surface area contributed by atoms with Crippen LogP contribution >= 0.6 is 0 Å². The summed E-state index contributed by atoms with van der Waals surface area (Å²) in [6.45, 7) is 3.90. The number of esters is 1. The van der Waals surface area contributed by atoms with E-state index in [1.165, 1.54) is 7.11 Å². The number of carbonyl (C=O) groups is 3. The highest BCUT2D eigenvalue weighted by molar-refractivity contribution is 5.88. The number of rotatable bonds is 6. The summed E-state index contributed by atoms with van der Waals surface area (Å²) >= 11 is 0. The van der Waals surface area contributed by atoms with Gasteiger partial charge in [-0.05, 0) is 19.8 Å². The highest BCUT2D eigenvalue weighted by atomic mass is 16.5. The summed E-state index contributed by atoms with van der Waals surface area (Å²) in [4.78, 5) is 39.4. The third kappa shape index (κ3) is 3.93. The molecule has 0 radical (unpaired) electrons. The Morgan fingerprint density at radius 3 is 2.71 bits per heavy atom. The fourth-order valence-electron chi connectivity index (χ4n) is 2.70. The van der Waals surface area contributed by atoms with E-state index in [-0.39, 0.29) is 24.8 Å². The molecule has 2 amide bonds. The molecule has 21 heavy (non-hydrogen) atoms. The van der Waals surface area contributed by atoms with Crippen LogP contribution < -0.4 is 5.32 Å². The lowest BCUT2D eigenvalue weighted by Crippen LogP contribution is -2.58. The van der Waals surface area contributed by atoms with Gasteiger partial charge in [0.1, 0.15) is 6.04 Å². The predicted octanol–water partition coefficient (Wildman–Crippen LogP) is -0.639. The SMILES string of the molecule is CCN(C(=O)CN1CCNC(=O)[C@H]1CC(=O)OC)C1CC1. The topological polar surface area (TPSA) is 79.0 Å². The Kier molecular flexibility index (Phi) is 5.17. The van der Waals surface area contributed by atoms with Gasteiger partial charge in [0.25, 0.3) is 0 Å². The number of likely N-dealkylation sites (N-methyl/N-ethyl adjacent to an activating group) is 1. The number of methoxy groups -OCH3 is 1. The van der Waals surface area contributed by atoms with Crippen LogP contribution in [-0.4, -0.2) is 73.0 Å². The van der Waals surface area contributed by atoms with Crippen molar-refractivity contribution >= 4 is 17.8 Å². The molecular formula is C14H23N3O4. The number of hydrogen-bond donors (Lipinski definition) is 1. The first-order valence-corrected chi connectivity index (χ1v) is 7.44. The molecule has 0 spiro atoms. The van der Waals surface area contributed by atoms with Gasteiger partial charge in [-0.2, -0.15) is 0 Å². The van der Waals surface area contributed by atoms with Gasteiger partial charge >= 0.3 is 5.97 Å². The van der Waals surface area contributed by atoms with Crippen LogP contribution in [0.4, 0.5) is 0 Å². The molecule has 0 aromatic heterocycles. The summed E-state index contributed by atoms with van der Waals surface area (Å²) < 4.78 is 4.63. The van der Waals surface area contributed by atoms with E-state index in [1.54, 1.807) is 4.90 Å². The number of hydrogen-bond acceptors (Lipinski definition) is 5. The number of nitrogens with one attached hydrogen (secondary N) is 1. The van der Waals surface area contributed by atoms with Crippen molar-refractivity contribution in [2.45, 2.75) is 38.3 Å². The van der Waals surface area contributed by atoms with Crippen molar-refractivity contribution in [3.63, 3.8) is 0 Å². The molecule has 0 aromatic rings. The molecule has 1 N–H and O–H groups in total. The van der Waals surface area contributed by atoms with Crippen LogP contribution in [0.1, 0.15) is 26.2 Å². The molecule has 7 nitrogen and oxygen atoms in total. The van der Waals surface area contributed by atoms with Crippen LogP contribution in [0.3, 0.4) is 0 Å². The lowest BCUT2D eigenvalue weighted by atomic mass is 10.1. The van der Waals surface area contributed by atoms with Gasteiger partial charge in [-0.25, -0.2) is 0 Å². The maximum absolute atomic E-state index is 12.4. The van der Waals surface area contributed by atoms with E-state index in [0.29, 0.717) is 25.7 Å². The number of piperazine rings is 1. The van der Waals surface area contributed by atoms with Gasteiger partial charge in [0.2, 0.25) is 11.8 Å². The zero-order chi connectivity index (χ0) is 15.4. The Morgan fingerprint density at radius 1 is 1.43 bits per heavy atom. The van der Waals surface area contributed by atoms with Gasteiger partial charge in [0.15, 0.2) is 0 Å². The van der Waals surface area contributed by atoms with E-state index < -0.39 is 12.0 Å². The monoisotopic (exact) mass is 297 g/mol. The van der Waals surface area contributed by atoms with E-state index in [0.717, 1.165) is 12.8 Å². The summed E-state index contributed by atoms with van der Waals surface area (Å²) in [7, 11) is 1.30. The van der Waals surface area contributed by atoms with Gasteiger partial charge in [-0.15, -0.1) is 0 Å². The number of amides is 2. The van der Waals surface area contributed by atoms with Crippen LogP contribution in [0.25, 0.3) is 0 Å². The summed E-state index contributed by atoms with van der Waals surface area (Å²) in [5, 5.41) is 2.73. The molecule has 0 unspecified atom stereocenters. The highest BCUT2D eigenvalue weighted by Gasteiger charge is 2.36. The smallest absolute Gasteiger partial charge is 0.307 e. The lowest BCUT2D eigenvalue weighted by molar-refractivity contribution is -0.147. The Hall–Kier alpha value is -1.63. The van der Waals surface area contributed by atoms with Gasteiger partial charge in [-0.1, -0.05) is 0 Å². The molecule has 1 aliphatic carbocycles. The molecule has 2 rings (SSSR count). The first-order chi connectivity index (χ1) is 10.1. The Labute approximate surface area is 124 Å².